The Kier molecular flexibility index (Phi) is 5.18. The van der Waals surface area contributed by atoms with Crippen LogP contribution >= 0.6 is 0 Å². The molecule has 9 nitrogen and oxygen atoms in total. The van der Waals surface area contributed by atoms with Crippen molar-refractivity contribution in [1.29, 1.82) is 0 Å². The lowest BCUT2D eigenvalue weighted by atomic mass is 9.96. The highest BCUT2D eigenvalue weighted by Crippen LogP contribution is 2.36. The smallest absolute Gasteiger partial charge is 0.414 e. The third-order valence-electron chi connectivity index (χ3n) is 6.77. The number of ether oxygens (including phenoxy) is 2. The minimum Gasteiger partial charge on any atom is -0.482 e. The summed E-state index contributed by atoms with van der Waals surface area (Å²) >= 11 is 0. The fourth-order valence-electron chi connectivity index (χ4n) is 5.13. The standard InChI is InChI=1S/C25H23FN4O5/c26-18-4-1-14-2-6-22(32)30-11-15(23(18)24(14)30)7-8-27-10-17-12-29(25(33)35-17)16-3-5-20-19(9-16)28-21(31)13-34-20/h1-6,9,15,17,27H,7-8,10-13H2,(H,28,31)/t15?,17-/m1/s1. The minimum atomic E-state index is -0.459. The van der Waals surface area contributed by atoms with Crippen molar-refractivity contribution in [2.75, 3.05) is 36.5 Å². The molecule has 0 saturated carbocycles. The second kappa shape index (κ2) is 8.38. The summed E-state index contributed by atoms with van der Waals surface area (Å²) in [5, 5.41) is 6.90. The van der Waals surface area contributed by atoms with E-state index >= 15 is 0 Å². The van der Waals surface area contributed by atoms with E-state index in [9.17, 15) is 18.8 Å². The molecule has 1 aromatic heterocycles. The molecule has 2 aromatic carbocycles. The summed E-state index contributed by atoms with van der Waals surface area (Å²) < 4.78 is 27.1. The monoisotopic (exact) mass is 478 g/mol. The molecular weight excluding hydrogens is 455 g/mol. The van der Waals surface area contributed by atoms with Crippen molar-refractivity contribution in [1.82, 2.24) is 9.88 Å². The number of cyclic esters (lactones) is 1. The first-order valence-corrected chi connectivity index (χ1v) is 11.6. The number of anilines is 2. The average molecular weight is 478 g/mol. The molecule has 2 amide bonds. The molecule has 6 rings (SSSR count). The van der Waals surface area contributed by atoms with Gasteiger partial charge in [-0.1, -0.05) is 0 Å². The normalized spacial score (nSPS) is 20.5. The average Bonchev–Trinajstić information content (AvgIpc) is 3.42. The van der Waals surface area contributed by atoms with Crippen LogP contribution < -0.4 is 25.8 Å². The fourth-order valence-corrected chi connectivity index (χ4v) is 5.13. The Morgan fingerprint density at radius 3 is 2.83 bits per heavy atom. The zero-order chi connectivity index (χ0) is 24.1. The van der Waals surface area contributed by atoms with E-state index in [1.165, 1.54) is 17.0 Å². The maximum Gasteiger partial charge on any atom is 0.414 e. The van der Waals surface area contributed by atoms with Crippen molar-refractivity contribution in [2.24, 2.45) is 0 Å². The zero-order valence-corrected chi connectivity index (χ0v) is 18.8. The Hall–Kier alpha value is -3.92. The molecule has 1 fully saturated rings. The van der Waals surface area contributed by atoms with Gasteiger partial charge in [0.05, 0.1) is 17.7 Å². The third kappa shape index (κ3) is 3.79. The van der Waals surface area contributed by atoms with Crippen molar-refractivity contribution >= 4 is 34.3 Å². The quantitative estimate of drug-likeness (QED) is 0.528. The first-order valence-electron chi connectivity index (χ1n) is 11.6. The van der Waals surface area contributed by atoms with Gasteiger partial charge >= 0.3 is 6.09 Å². The van der Waals surface area contributed by atoms with Crippen LogP contribution in [0, 0.1) is 5.82 Å². The van der Waals surface area contributed by atoms with Gasteiger partial charge in [-0.3, -0.25) is 14.5 Å². The summed E-state index contributed by atoms with van der Waals surface area (Å²) in [4.78, 5) is 37.8. The number of carbonyl (C=O) groups is 2. The summed E-state index contributed by atoms with van der Waals surface area (Å²) in [7, 11) is 0. The summed E-state index contributed by atoms with van der Waals surface area (Å²) in [5.41, 5.74) is 2.30. The van der Waals surface area contributed by atoms with E-state index in [2.05, 4.69) is 10.6 Å². The van der Waals surface area contributed by atoms with Crippen LogP contribution in [0.4, 0.5) is 20.6 Å². The van der Waals surface area contributed by atoms with Gasteiger partial charge in [0.25, 0.3) is 11.5 Å². The second-order valence-electron chi connectivity index (χ2n) is 9.00. The molecular formula is C25H23FN4O5. The van der Waals surface area contributed by atoms with Crippen molar-refractivity contribution in [3.05, 3.63) is 64.2 Å². The van der Waals surface area contributed by atoms with Gasteiger partial charge < -0.3 is 24.7 Å². The van der Waals surface area contributed by atoms with Gasteiger partial charge in [-0.15, -0.1) is 0 Å². The predicted octanol–water partition coefficient (Wildman–Crippen LogP) is 2.57. The number of pyridine rings is 1. The lowest BCUT2D eigenvalue weighted by molar-refractivity contribution is -0.118. The van der Waals surface area contributed by atoms with E-state index in [1.807, 2.05) is 0 Å². The van der Waals surface area contributed by atoms with Gasteiger partial charge in [0.2, 0.25) is 0 Å². The minimum absolute atomic E-state index is 0.0304. The van der Waals surface area contributed by atoms with E-state index in [0.717, 1.165) is 5.39 Å². The Bertz CT molecular complexity index is 1420. The number of nitrogens with one attached hydrogen (secondary N) is 2. The molecule has 4 heterocycles. The van der Waals surface area contributed by atoms with Crippen LogP contribution in [0.1, 0.15) is 17.9 Å². The number of aromatic nitrogens is 1. The zero-order valence-electron chi connectivity index (χ0n) is 18.8. The molecule has 2 atom stereocenters. The number of fused-ring (bicyclic) bond motifs is 1. The predicted molar refractivity (Wildman–Crippen MR) is 127 cm³/mol. The first-order chi connectivity index (χ1) is 17.0. The summed E-state index contributed by atoms with van der Waals surface area (Å²) in [6.45, 7) is 1.81. The van der Waals surface area contributed by atoms with Crippen LogP contribution in [0.25, 0.3) is 10.9 Å². The largest absolute Gasteiger partial charge is 0.482 e. The number of halogens is 1. The van der Waals surface area contributed by atoms with Crippen LogP contribution in [0.3, 0.4) is 0 Å². The number of nitrogens with zero attached hydrogens (tertiary/aromatic N) is 2. The number of hydrogen-bond acceptors (Lipinski definition) is 6. The number of hydrogen-bond donors (Lipinski definition) is 2. The molecule has 10 heteroatoms. The Labute approximate surface area is 199 Å². The van der Waals surface area contributed by atoms with E-state index in [0.29, 0.717) is 60.8 Å². The third-order valence-corrected chi connectivity index (χ3v) is 6.77. The van der Waals surface area contributed by atoms with Crippen molar-refractivity contribution in [2.45, 2.75) is 25.0 Å². The Morgan fingerprint density at radius 2 is 1.94 bits per heavy atom. The van der Waals surface area contributed by atoms with Gasteiger partial charge in [-0.2, -0.15) is 0 Å². The molecule has 3 aliphatic heterocycles. The number of benzene rings is 2. The van der Waals surface area contributed by atoms with Crippen molar-refractivity contribution in [3.63, 3.8) is 0 Å². The van der Waals surface area contributed by atoms with Crippen LogP contribution in [-0.2, 0) is 16.1 Å². The van der Waals surface area contributed by atoms with Gasteiger partial charge in [-0.25, -0.2) is 9.18 Å². The topological polar surface area (TPSA) is 102 Å². The van der Waals surface area contributed by atoms with E-state index < -0.39 is 6.09 Å². The van der Waals surface area contributed by atoms with Crippen molar-refractivity contribution in [3.8, 4) is 5.75 Å². The molecule has 3 aromatic rings. The lowest BCUT2D eigenvalue weighted by Crippen LogP contribution is -2.32. The summed E-state index contributed by atoms with van der Waals surface area (Å²) in [6.07, 6.45) is -0.168. The van der Waals surface area contributed by atoms with Gasteiger partial charge in [-0.05, 0) is 54.8 Å². The molecule has 35 heavy (non-hydrogen) atoms. The number of carbonyl (C=O) groups excluding carboxylic acids is 2. The maximum absolute atomic E-state index is 14.6. The Morgan fingerprint density at radius 1 is 1.09 bits per heavy atom. The molecule has 0 radical (unpaired) electrons. The molecule has 0 bridgehead atoms. The maximum atomic E-state index is 14.6. The van der Waals surface area contributed by atoms with Crippen LogP contribution in [-0.4, -0.2) is 48.9 Å². The van der Waals surface area contributed by atoms with E-state index in [-0.39, 0.29) is 35.9 Å². The highest BCUT2D eigenvalue weighted by molar-refractivity contribution is 5.97. The molecule has 1 saturated heterocycles. The second-order valence-corrected chi connectivity index (χ2v) is 9.00. The van der Waals surface area contributed by atoms with E-state index in [1.54, 1.807) is 34.9 Å². The number of amides is 2. The van der Waals surface area contributed by atoms with Gasteiger partial charge in [0.15, 0.2) is 6.61 Å². The highest BCUT2D eigenvalue weighted by Gasteiger charge is 2.33. The fraction of sp³-hybridized carbons (Fsp3) is 0.320. The van der Waals surface area contributed by atoms with E-state index in [4.69, 9.17) is 9.47 Å². The van der Waals surface area contributed by atoms with Crippen LogP contribution in [0.2, 0.25) is 0 Å². The molecule has 2 N–H and O–H groups in total. The molecule has 180 valence electrons. The SMILES string of the molecule is O=C1COc2ccc(N3C[C@@H](CNCCC4Cn5c(=O)ccc6ccc(F)c4c65)OC3=O)cc2N1. The lowest BCUT2D eigenvalue weighted by Gasteiger charge is -2.20. The van der Waals surface area contributed by atoms with Crippen molar-refractivity contribution < 1.29 is 23.5 Å². The number of rotatable bonds is 6. The molecule has 0 spiro atoms. The molecule has 0 aliphatic carbocycles. The van der Waals surface area contributed by atoms with Gasteiger partial charge in [0.1, 0.15) is 17.7 Å². The molecule has 1 unspecified atom stereocenters. The van der Waals surface area contributed by atoms with Crippen LogP contribution in [0.5, 0.6) is 5.75 Å². The Balaban J connectivity index is 1.06. The first kappa shape index (κ1) is 21.6. The summed E-state index contributed by atoms with van der Waals surface area (Å²) in [6, 6.07) is 11.6. The van der Waals surface area contributed by atoms with Gasteiger partial charge in [0, 0.05) is 36.3 Å². The molecule has 3 aliphatic rings. The summed E-state index contributed by atoms with van der Waals surface area (Å²) in [5.74, 6) is -0.0714. The highest BCUT2D eigenvalue weighted by atomic mass is 19.1. The van der Waals surface area contributed by atoms with Crippen LogP contribution in [0.15, 0.2) is 47.3 Å².